The molecule has 2 atom stereocenters. The lowest BCUT2D eigenvalue weighted by molar-refractivity contribution is 0.0137. The van der Waals surface area contributed by atoms with E-state index < -0.39 is 5.82 Å². The van der Waals surface area contributed by atoms with Gasteiger partial charge in [-0.05, 0) is 37.5 Å². The van der Waals surface area contributed by atoms with E-state index >= 15 is 0 Å². The molecule has 2 rings (SSSR count). The van der Waals surface area contributed by atoms with Gasteiger partial charge >= 0.3 is 0 Å². The van der Waals surface area contributed by atoms with E-state index in [4.69, 9.17) is 10.5 Å². The second-order valence-electron chi connectivity index (χ2n) is 5.25. The third-order valence-electron chi connectivity index (χ3n) is 3.89. The van der Waals surface area contributed by atoms with Crippen molar-refractivity contribution in [2.24, 2.45) is 5.73 Å². The molecule has 0 aliphatic carbocycles. The maximum atomic E-state index is 13.9. The van der Waals surface area contributed by atoms with Crippen LogP contribution in [-0.2, 0) is 4.74 Å². The van der Waals surface area contributed by atoms with E-state index in [1.54, 1.807) is 31.1 Å². The van der Waals surface area contributed by atoms with Crippen molar-refractivity contribution in [2.75, 3.05) is 20.2 Å². The van der Waals surface area contributed by atoms with Gasteiger partial charge in [0, 0.05) is 26.2 Å². The minimum atomic E-state index is -0.473. The third kappa shape index (κ3) is 3.93. The van der Waals surface area contributed by atoms with Crippen LogP contribution in [0.3, 0.4) is 0 Å². The fourth-order valence-corrected chi connectivity index (χ4v) is 2.67. The van der Waals surface area contributed by atoms with Gasteiger partial charge in [-0.2, -0.15) is 0 Å². The molecule has 1 amide bonds. The average molecular weight is 317 g/mol. The molecular weight excluding hydrogens is 295 g/mol. The summed E-state index contributed by atoms with van der Waals surface area (Å²) in [5.74, 6) is -0.757. The normalized spacial score (nSPS) is 21.8. The van der Waals surface area contributed by atoms with Crippen LogP contribution in [-0.4, -0.2) is 43.2 Å². The first-order chi connectivity index (χ1) is 9.56. The lowest BCUT2D eigenvalue weighted by Crippen LogP contribution is -2.51. The van der Waals surface area contributed by atoms with Crippen molar-refractivity contribution in [1.29, 1.82) is 0 Å². The number of methoxy groups -OCH3 is 1. The monoisotopic (exact) mass is 316 g/mol. The number of rotatable bonds is 3. The van der Waals surface area contributed by atoms with Gasteiger partial charge in [-0.25, -0.2) is 4.39 Å². The molecule has 6 heteroatoms. The van der Waals surface area contributed by atoms with E-state index in [-0.39, 0.29) is 36.0 Å². The summed E-state index contributed by atoms with van der Waals surface area (Å²) in [6.45, 7) is 2.70. The highest BCUT2D eigenvalue weighted by Gasteiger charge is 2.32. The Labute approximate surface area is 130 Å². The van der Waals surface area contributed by atoms with Crippen LogP contribution in [0, 0.1) is 12.7 Å². The summed E-state index contributed by atoms with van der Waals surface area (Å²) in [5, 5.41) is 0. The van der Waals surface area contributed by atoms with Crippen molar-refractivity contribution >= 4 is 18.3 Å². The number of halogens is 2. The maximum Gasteiger partial charge on any atom is 0.257 e. The predicted octanol–water partition coefficient (Wildman–Crippen LogP) is 2.13. The number of hydrogen-bond acceptors (Lipinski definition) is 3. The number of carbonyl (C=O) groups is 1. The summed E-state index contributed by atoms with van der Waals surface area (Å²) < 4.78 is 19.3. The molecule has 2 unspecified atom stereocenters. The zero-order chi connectivity index (χ0) is 14.7. The highest BCUT2D eigenvalue weighted by atomic mass is 35.5. The summed E-state index contributed by atoms with van der Waals surface area (Å²) in [5.41, 5.74) is 6.66. The molecule has 0 aromatic heterocycles. The largest absolute Gasteiger partial charge is 0.381 e. The van der Waals surface area contributed by atoms with Crippen LogP contribution in [0.5, 0.6) is 0 Å². The van der Waals surface area contributed by atoms with Crippen molar-refractivity contribution in [1.82, 2.24) is 4.90 Å². The SMILES string of the molecule is COC1CCN(C(=O)c2ccc(C)cc2F)C(CN)C1.Cl. The molecule has 1 heterocycles. The number of nitrogens with two attached hydrogens (primary N) is 1. The predicted molar refractivity (Wildman–Crippen MR) is 82.3 cm³/mol. The molecule has 21 heavy (non-hydrogen) atoms. The molecule has 1 fully saturated rings. The molecule has 0 spiro atoms. The molecule has 1 aromatic carbocycles. The quantitative estimate of drug-likeness (QED) is 0.929. The van der Waals surface area contributed by atoms with Gasteiger partial charge in [0.15, 0.2) is 0 Å². The number of likely N-dealkylation sites (tertiary alicyclic amines) is 1. The van der Waals surface area contributed by atoms with Crippen LogP contribution in [0.15, 0.2) is 18.2 Å². The molecule has 1 aliphatic heterocycles. The third-order valence-corrected chi connectivity index (χ3v) is 3.89. The molecule has 0 radical (unpaired) electrons. The summed E-state index contributed by atoms with van der Waals surface area (Å²) in [7, 11) is 1.66. The van der Waals surface area contributed by atoms with Crippen molar-refractivity contribution in [2.45, 2.75) is 31.9 Å². The first-order valence-electron chi connectivity index (χ1n) is 6.86. The number of hydrogen-bond donors (Lipinski definition) is 1. The number of carbonyl (C=O) groups excluding carboxylic acids is 1. The Morgan fingerprint density at radius 2 is 2.24 bits per heavy atom. The van der Waals surface area contributed by atoms with Crippen LogP contribution in [0.2, 0.25) is 0 Å². The smallest absolute Gasteiger partial charge is 0.257 e. The van der Waals surface area contributed by atoms with Crippen LogP contribution < -0.4 is 5.73 Å². The number of amides is 1. The topological polar surface area (TPSA) is 55.6 Å². The molecule has 1 saturated heterocycles. The second kappa shape index (κ2) is 7.73. The van der Waals surface area contributed by atoms with Crippen LogP contribution in [0.4, 0.5) is 4.39 Å². The Morgan fingerprint density at radius 1 is 1.52 bits per heavy atom. The van der Waals surface area contributed by atoms with Crippen LogP contribution in [0.25, 0.3) is 0 Å². The van der Waals surface area contributed by atoms with E-state index in [0.717, 1.165) is 12.0 Å². The second-order valence-corrected chi connectivity index (χ2v) is 5.25. The number of ether oxygens (including phenoxy) is 1. The number of nitrogens with zero attached hydrogens (tertiary/aromatic N) is 1. The molecule has 1 aliphatic rings. The van der Waals surface area contributed by atoms with Gasteiger partial charge in [0.2, 0.25) is 0 Å². The van der Waals surface area contributed by atoms with Crippen molar-refractivity contribution in [3.05, 3.63) is 35.1 Å². The minimum absolute atomic E-state index is 0. The molecule has 0 bridgehead atoms. The lowest BCUT2D eigenvalue weighted by Gasteiger charge is -2.38. The Kier molecular flexibility index (Phi) is 6.58. The van der Waals surface area contributed by atoms with Gasteiger partial charge in [-0.1, -0.05) is 6.07 Å². The molecular formula is C15H22ClFN2O2. The van der Waals surface area contributed by atoms with E-state index in [9.17, 15) is 9.18 Å². The molecule has 1 aromatic rings. The Balaban J connectivity index is 0.00000220. The highest BCUT2D eigenvalue weighted by molar-refractivity contribution is 5.94. The average Bonchev–Trinajstić information content (AvgIpc) is 2.46. The summed E-state index contributed by atoms with van der Waals surface area (Å²) in [6.07, 6.45) is 1.58. The number of aryl methyl sites for hydroxylation is 1. The first kappa shape index (κ1) is 17.9. The zero-order valence-corrected chi connectivity index (χ0v) is 13.2. The number of benzene rings is 1. The van der Waals surface area contributed by atoms with Crippen molar-refractivity contribution < 1.29 is 13.9 Å². The summed E-state index contributed by atoms with van der Waals surface area (Å²) >= 11 is 0. The van der Waals surface area contributed by atoms with Gasteiger partial charge < -0.3 is 15.4 Å². The molecule has 118 valence electrons. The van der Waals surface area contributed by atoms with E-state index in [0.29, 0.717) is 19.5 Å². The van der Waals surface area contributed by atoms with Crippen LogP contribution in [0.1, 0.15) is 28.8 Å². The van der Waals surface area contributed by atoms with E-state index in [2.05, 4.69) is 0 Å². The molecule has 4 nitrogen and oxygen atoms in total. The van der Waals surface area contributed by atoms with E-state index in [1.165, 1.54) is 6.07 Å². The first-order valence-corrected chi connectivity index (χ1v) is 6.86. The van der Waals surface area contributed by atoms with Gasteiger partial charge in [-0.3, -0.25) is 4.79 Å². The van der Waals surface area contributed by atoms with Crippen LogP contribution >= 0.6 is 12.4 Å². The van der Waals surface area contributed by atoms with Gasteiger partial charge in [0.1, 0.15) is 5.82 Å². The molecule has 2 N–H and O–H groups in total. The standard InChI is InChI=1S/C15H21FN2O2.ClH/c1-10-3-4-13(14(16)7-10)15(19)18-6-5-12(20-2)8-11(18)9-17;/h3-4,7,11-12H,5-6,8-9,17H2,1-2H3;1H. The lowest BCUT2D eigenvalue weighted by atomic mass is 9.98. The van der Waals surface area contributed by atoms with Crippen molar-refractivity contribution in [3.8, 4) is 0 Å². The fraction of sp³-hybridized carbons (Fsp3) is 0.533. The van der Waals surface area contributed by atoms with Crippen molar-refractivity contribution in [3.63, 3.8) is 0 Å². The number of piperidine rings is 1. The molecule has 0 saturated carbocycles. The summed E-state index contributed by atoms with van der Waals surface area (Å²) in [4.78, 5) is 14.2. The van der Waals surface area contributed by atoms with Gasteiger partial charge in [0.25, 0.3) is 5.91 Å². The Morgan fingerprint density at radius 3 is 2.81 bits per heavy atom. The zero-order valence-electron chi connectivity index (χ0n) is 12.3. The Hall–Kier alpha value is -1.17. The minimum Gasteiger partial charge on any atom is -0.381 e. The van der Waals surface area contributed by atoms with E-state index in [1.807, 2.05) is 0 Å². The highest BCUT2D eigenvalue weighted by Crippen LogP contribution is 2.22. The summed E-state index contributed by atoms with van der Waals surface area (Å²) in [6, 6.07) is 4.58. The Bertz CT molecular complexity index is 499. The maximum absolute atomic E-state index is 13.9. The fourth-order valence-electron chi connectivity index (χ4n) is 2.67. The van der Waals surface area contributed by atoms with Gasteiger partial charge in [-0.15, -0.1) is 12.4 Å². The van der Waals surface area contributed by atoms with Gasteiger partial charge in [0.05, 0.1) is 11.7 Å².